The predicted octanol–water partition coefficient (Wildman–Crippen LogP) is 2.42. The molecule has 0 unspecified atom stereocenters. The van der Waals surface area contributed by atoms with Gasteiger partial charge in [-0.2, -0.15) is 0 Å². The molecule has 138 valence electrons. The molecule has 0 bridgehead atoms. The number of rotatable bonds is 7. The van der Waals surface area contributed by atoms with Crippen LogP contribution in [0.25, 0.3) is 0 Å². The number of piperazine rings is 1. The van der Waals surface area contributed by atoms with Crippen LogP contribution in [-0.4, -0.2) is 49.4 Å². The fraction of sp³-hybridized carbons (Fsp3) is 0.579. The molecule has 1 aromatic carbocycles. The zero-order chi connectivity index (χ0) is 18.2. The molecule has 1 saturated heterocycles. The van der Waals surface area contributed by atoms with Gasteiger partial charge >= 0.3 is 0 Å². The van der Waals surface area contributed by atoms with Gasteiger partial charge in [0.1, 0.15) is 5.82 Å². The second-order valence-electron chi connectivity index (χ2n) is 6.68. The highest BCUT2D eigenvalue weighted by Crippen LogP contribution is 2.20. The van der Waals surface area contributed by atoms with Gasteiger partial charge in [-0.15, -0.1) is 0 Å². The molecule has 0 aromatic heterocycles. The van der Waals surface area contributed by atoms with Crippen molar-refractivity contribution >= 4 is 17.5 Å². The average Bonchev–Trinajstić information content (AvgIpc) is 2.60. The van der Waals surface area contributed by atoms with Crippen LogP contribution in [0.3, 0.4) is 0 Å². The van der Waals surface area contributed by atoms with Crippen molar-refractivity contribution in [1.82, 2.24) is 10.2 Å². The Morgan fingerprint density at radius 3 is 2.48 bits per heavy atom. The standard InChI is InChI=1S/C19H28FN3O2/c1-3-8-21-18(24)13-15(2)14-19(25)23-11-9-22(10-12-23)17-7-5-4-6-16(17)20/h4-7,15H,3,8-14H2,1-2H3,(H,21,24)/t15-/m0/s1. The topological polar surface area (TPSA) is 52.7 Å². The Labute approximate surface area is 149 Å². The summed E-state index contributed by atoms with van der Waals surface area (Å²) in [6.07, 6.45) is 1.66. The van der Waals surface area contributed by atoms with Gasteiger partial charge in [0.25, 0.3) is 0 Å². The third kappa shape index (κ3) is 5.73. The fourth-order valence-electron chi connectivity index (χ4n) is 3.06. The summed E-state index contributed by atoms with van der Waals surface area (Å²) in [5.41, 5.74) is 0.593. The van der Waals surface area contributed by atoms with E-state index in [0.29, 0.717) is 51.3 Å². The lowest BCUT2D eigenvalue weighted by Crippen LogP contribution is -2.49. The molecule has 0 aliphatic carbocycles. The van der Waals surface area contributed by atoms with Gasteiger partial charge in [0, 0.05) is 45.6 Å². The van der Waals surface area contributed by atoms with E-state index < -0.39 is 0 Å². The average molecular weight is 349 g/mol. The molecular weight excluding hydrogens is 321 g/mol. The van der Waals surface area contributed by atoms with Crippen LogP contribution in [0.4, 0.5) is 10.1 Å². The highest BCUT2D eigenvalue weighted by Gasteiger charge is 2.24. The highest BCUT2D eigenvalue weighted by atomic mass is 19.1. The predicted molar refractivity (Wildman–Crippen MR) is 96.9 cm³/mol. The Kier molecular flexibility index (Phi) is 7.22. The molecule has 1 N–H and O–H groups in total. The van der Waals surface area contributed by atoms with Gasteiger partial charge in [0.2, 0.25) is 11.8 Å². The number of hydrogen-bond donors (Lipinski definition) is 1. The lowest BCUT2D eigenvalue weighted by Gasteiger charge is -2.36. The van der Waals surface area contributed by atoms with Gasteiger partial charge < -0.3 is 15.1 Å². The van der Waals surface area contributed by atoms with E-state index in [2.05, 4.69) is 5.32 Å². The number of amides is 2. The van der Waals surface area contributed by atoms with Crippen LogP contribution in [0.5, 0.6) is 0 Å². The van der Waals surface area contributed by atoms with Crippen molar-refractivity contribution in [3.63, 3.8) is 0 Å². The maximum Gasteiger partial charge on any atom is 0.222 e. The van der Waals surface area contributed by atoms with Crippen molar-refractivity contribution < 1.29 is 14.0 Å². The van der Waals surface area contributed by atoms with E-state index in [-0.39, 0.29) is 23.5 Å². The zero-order valence-electron chi connectivity index (χ0n) is 15.1. The number of nitrogens with one attached hydrogen (secondary N) is 1. The van der Waals surface area contributed by atoms with Gasteiger partial charge in [-0.3, -0.25) is 9.59 Å². The fourth-order valence-corrected chi connectivity index (χ4v) is 3.06. The molecule has 0 saturated carbocycles. The number of halogens is 1. The van der Waals surface area contributed by atoms with E-state index in [1.807, 2.05) is 29.7 Å². The third-order valence-corrected chi connectivity index (χ3v) is 4.45. The molecule has 0 radical (unpaired) electrons. The maximum absolute atomic E-state index is 13.9. The van der Waals surface area contributed by atoms with Crippen LogP contribution in [0.1, 0.15) is 33.1 Å². The largest absolute Gasteiger partial charge is 0.366 e. The van der Waals surface area contributed by atoms with Crippen LogP contribution >= 0.6 is 0 Å². The molecule has 1 heterocycles. The molecule has 1 aromatic rings. The SMILES string of the molecule is CCCNC(=O)C[C@H](C)CC(=O)N1CCN(c2ccccc2F)CC1. The summed E-state index contributed by atoms with van der Waals surface area (Å²) < 4.78 is 13.9. The summed E-state index contributed by atoms with van der Waals surface area (Å²) >= 11 is 0. The normalized spacial score (nSPS) is 15.8. The van der Waals surface area contributed by atoms with Crippen LogP contribution in [0, 0.1) is 11.7 Å². The minimum absolute atomic E-state index is 0.00604. The first-order valence-electron chi connectivity index (χ1n) is 9.05. The molecule has 2 amide bonds. The molecule has 1 aliphatic rings. The van der Waals surface area contributed by atoms with Gasteiger partial charge in [0.15, 0.2) is 0 Å². The van der Waals surface area contributed by atoms with Crippen LogP contribution in [0.2, 0.25) is 0 Å². The van der Waals surface area contributed by atoms with Crippen LogP contribution < -0.4 is 10.2 Å². The Balaban J connectivity index is 1.77. The maximum atomic E-state index is 13.9. The van der Waals surface area contributed by atoms with Gasteiger partial charge in [-0.05, 0) is 24.5 Å². The van der Waals surface area contributed by atoms with Crippen LogP contribution in [-0.2, 0) is 9.59 Å². The van der Waals surface area contributed by atoms with Crippen molar-refractivity contribution in [2.24, 2.45) is 5.92 Å². The van der Waals surface area contributed by atoms with Gasteiger partial charge in [-0.25, -0.2) is 4.39 Å². The molecule has 1 atom stereocenters. The van der Waals surface area contributed by atoms with E-state index in [1.165, 1.54) is 6.07 Å². The highest BCUT2D eigenvalue weighted by molar-refractivity contribution is 5.79. The minimum atomic E-state index is -0.228. The Morgan fingerprint density at radius 2 is 1.84 bits per heavy atom. The van der Waals surface area contributed by atoms with Crippen molar-refractivity contribution in [1.29, 1.82) is 0 Å². The van der Waals surface area contributed by atoms with Crippen molar-refractivity contribution in [3.05, 3.63) is 30.1 Å². The lowest BCUT2D eigenvalue weighted by molar-refractivity contribution is -0.132. The molecule has 5 nitrogen and oxygen atoms in total. The van der Waals surface area contributed by atoms with E-state index in [0.717, 1.165) is 6.42 Å². The van der Waals surface area contributed by atoms with Crippen molar-refractivity contribution in [3.8, 4) is 0 Å². The van der Waals surface area contributed by atoms with Gasteiger partial charge in [0.05, 0.1) is 5.69 Å². The Hall–Kier alpha value is -2.11. The summed E-state index contributed by atoms with van der Waals surface area (Å²) in [5.74, 6) is -0.126. The lowest BCUT2D eigenvalue weighted by atomic mass is 10.0. The van der Waals surface area contributed by atoms with Crippen molar-refractivity contribution in [2.75, 3.05) is 37.6 Å². The zero-order valence-corrected chi connectivity index (χ0v) is 15.1. The van der Waals surface area contributed by atoms with E-state index in [1.54, 1.807) is 12.1 Å². The molecule has 0 spiro atoms. The molecule has 1 fully saturated rings. The number of hydrogen-bond acceptors (Lipinski definition) is 3. The second kappa shape index (κ2) is 9.39. The summed E-state index contributed by atoms with van der Waals surface area (Å²) in [6, 6.07) is 6.72. The molecule has 1 aliphatic heterocycles. The molecule has 2 rings (SSSR count). The monoisotopic (exact) mass is 349 g/mol. The number of carbonyl (C=O) groups excluding carboxylic acids is 2. The van der Waals surface area contributed by atoms with E-state index in [4.69, 9.17) is 0 Å². The van der Waals surface area contributed by atoms with Crippen molar-refractivity contribution in [2.45, 2.75) is 33.1 Å². The number of benzene rings is 1. The summed E-state index contributed by atoms with van der Waals surface area (Å²) in [4.78, 5) is 27.9. The number of para-hydroxylation sites is 1. The van der Waals surface area contributed by atoms with Gasteiger partial charge in [-0.1, -0.05) is 26.0 Å². The first-order chi connectivity index (χ1) is 12.0. The quantitative estimate of drug-likeness (QED) is 0.822. The summed E-state index contributed by atoms with van der Waals surface area (Å²) in [7, 11) is 0. The number of anilines is 1. The van der Waals surface area contributed by atoms with E-state index >= 15 is 0 Å². The summed E-state index contributed by atoms with van der Waals surface area (Å²) in [6.45, 7) is 7.03. The summed E-state index contributed by atoms with van der Waals surface area (Å²) in [5, 5.41) is 2.84. The number of nitrogens with zero attached hydrogens (tertiary/aromatic N) is 2. The molecular formula is C19H28FN3O2. The minimum Gasteiger partial charge on any atom is -0.366 e. The smallest absolute Gasteiger partial charge is 0.222 e. The molecule has 6 heteroatoms. The first kappa shape index (κ1) is 19.2. The first-order valence-corrected chi connectivity index (χ1v) is 9.05. The van der Waals surface area contributed by atoms with E-state index in [9.17, 15) is 14.0 Å². The van der Waals surface area contributed by atoms with Crippen LogP contribution in [0.15, 0.2) is 24.3 Å². The Morgan fingerprint density at radius 1 is 1.16 bits per heavy atom. The number of carbonyl (C=O) groups is 2. The third-order valence-electron chi connectivity index (χ3n) is 4.45. The second-order valence-corrected chi connectivity index (χ2v) is 6.68. The Bertz CT molecular complexity index is 586. The molecule has 25 heavy (non-hydrogen) atoms.